The quantitative estimate of drug-likeness (QED) is 0.844. The lowest BCUT2D eigenvalue weighted by atomic mass is 9.92. The van der Waals surface area contributed by atoms with Crippen molar-refractivity contribution in [3.63, 3.8) is 0 Å². The molecule has 1 saturated heterocycles. The minimum atomic E-state index is 0.681. The van der Waals surface area contributed by atoms with E-state index >= 15 is 0 Å². The van der Waals surface area contributed by atoms with Crippen LogP contribution in [0.5, 0.6) is 0 Å². The number of nitrogens with zero attached hydrogens (tertiary/aromatic N) is 1. The van der Waals surface area contributed by atoms with Crippen LogP contribution in [0.4, 0.5) is 5.69 Å². The van der Waals surface area contributed by atoms with Crippen LogP contribution in [0.15, 0.2) is 22.7 Å². The van der Waals surface area contributed by atoms with Gasteiger partial charge < -0.3 is 5.73 Å². The van der Waals surface area contributed by atoms with E-state index in [0.29, 0.717) is 6.04 Å². The molecule has 1 aromatic carbocycles. The first-order valence-electron chi connectivity index (χ1n) is 6.36. The predicted molar refractivity (Wildman–Crippen MR) is 76.8 cm³/mol. The van der Waals surface area contributed by atoms with E-state index in [9.17, 15) is 0 Å². The third-order valence-corrected chi connectivity index (χ3v) is 4.64. The van der Waals surface area contributed by atoms with Gasteiger partial charge in [0.1, 0.15) is 0 Å². The van der Waals surface area contributed by atoms with Crippen LogP contribution in [0, 0.1) is 5.92 Å². The molecule has 3 heteroatoms. The van der Waals surface area contributed by atoms with Gasteiger partial charge in [0.25, 0.3) is 0 Å². The fourth-order valence-corrected chi connectivity index (χ4v) is 2.97. The Morgan fingerprint density at radius 3 is 2.88 bits per heavy atom. The fraction of sp³-hybridized carbons (Fsp3) is 0.571. The summed E-state index contributed by atoms with van der Waals surface area (Å²) in [6.07, 6.45) is 2.69. The molecule has 2 rings (SSSR count). The summed E-state index contributed by atoms with van der Waals surface area (Å²) >= 11 is 3.49. The van der Waals surface area contributed by atoms with Gasteiger partial charge in [0.05, 0.1) is 0 Å². The number of likely N-dealkylation sites (tertiary alicyclic amines) is 1. The highest BCUT2D eigenvalue weighted by Gasteiger charge is 2.24. The van der Waals surface area contributed by atoms with E-state index in [-0.39, 0.29) is 0 Å². The molecule has 0 saturated carbocycles. The van der Waals surface area contributed by atoms with E-state index in [0.717, 1.165) is 22.6 Å². The Labute approximate surface area is 112 Å². The van der Waals surface area contributed by atoms with Crippen molar-refractivity contribution in [2.75, 3.05) is 12.3 Å². The summed E-state index contributed by atoms with van der Waals surface area (Å²) in [5.74, 6) is 0.806. The zero-order valence-corrected chi connectivity index (χ0v) is 12.2. The number of hydrogen-bond donors (Lipinski definition) is 1. The van der Waals surface area contributed by atoms with Gasteiger partial charge in [-0.05, 0) is 65.9 Å². The Bertz CT molecular complexity index is 392. The Morgan fingerprint density at radius 2 is 2.18 bits per heavy atom. The summed E-state index contributed by atoms with van der Waals surface area (Å²) in [4.78, 5) is 2.58. The van der Waals surface area contributed by atoms with Crippen molar-refractivity contribution in [1.82, 2.24) is 4.90 Å². The smallest absolute Gasteiger partial charge is 0.0458 e. The zero-order valence-electron chi connectivity index (χ0n) is 10.6. The number of nitrogen functional groups attached to an aromatic ring is 1. The maximum Gasteiger partial charge on any atom is 0.0458 e. The van der Waals surface area contributed by atoms with E-state index in [1.165, 1.54) is 24.9 Å². The van der Waals surface area contributed by atoms with Crippen molar-refractivity contribution in [3.05, 3.63) is 28.2 Å². The number of hydrogen-bond acceptors (Lipinski definition) is 2. The van der Waals surface area contributed by atoms with Crippen molar-refractivity contribution < 1.29 is 0 Å². The second kappa shape index (κ2) is 5.40. The molecule has 0 aliphatic carbocycles. The van der Waals surface area contributed by atoms with Gasteiger partial charge in [-0.3, -0.25) is 4.90 Å². The standard InChI is InChI=1S/C14H21BrN2/c1-10-4-3-7-17(11(10)2)9-12-5-6-14(16)13(15)8-12/h5-6,8,10-11H,3-4,7,9,16H2,1-2H3. The molecule has 94 valence electrons. The molecule has 1 fully saturated rings. The highest BCUT2D eigenvalue weighted by molar-refractivity contribution is 9.10. The van der Waals surface area contributed by atoms with Crippen molar-refractivity contribution in [1.29, 1.82) is 0 Å². The van der Waals surface area contributed by atoms with Gasteiger partial charge in [-0.2, -0.15) is 0 Å². The molecular formula is C14H21BrN2. The largest absolute Gasteiger partial charge is 0.398 e. The number of benzene rings is 1. The van der Waals surface area contributed by atoms with Crippen LogP contribution in [0.25, 0.3) is 0 Å². The number of rotatable bonds is 2. The Hall–Kier alpha value is -0.540. The van der Waals surface area contributed by atoms with Crippen molar-refractivity contribution in [3.8, 4) is 0 Å². The van der Waals surface area contributed by atoms with Crippen LogP contribution < -0.4 is 5.73 Å². The van der Waals surface area contributed by atoms with Gasteiger partial charge in [-0.25, -0.2) is 0 Å². The molecule has 17 heavy (non-hydrogen) atoms. The highest BCUT2D eigenvalue weighted by Crippen LogP contribution is 2.26. The van der Waals surface area contributed by atoms with Crippen molar-refractivity contribution >= 4 is 21.6 Å². The van der Waals surface area contributed by atoms with E-state index in [2.05, 4.69) is 46.8 Å². The summed E-state index contributed by atoms with van der Waals surface area (Å²) in [5.41, 5.74) is 7.96. The second-order valence-corrected chi connectivity index (χ2v) is 6.04. The lowest BCUT2D eigenvalue weighted by Crippen LogP contribution is -2.41. The maximum absolute atomic E-state index is 5.81. The van der Waals surface area contributed by atoms with Gasteiger partial charge in [-0.15, -0.1) is 0 Å². The molecule has 0 spiro atoms. The van der Waals surface area contributed by atoms with Gasteiger partial charge in [0.2, 0.25) is 0 Å². The molecule has 1 aliphatic rings. The molecule has 2 unspecified atom stereocenters. The van der Waals surface area contributed by atoms with E-state index in [4.69, 9.17) is 5.73 Å². The minimum Gasteiger partial charge on any atom is -0.398 e. The lowest BCUT2D eigenvalue weighted by Gasteiger charge is -2.38. The van der Waals surface area contributed by atoms with E-state index in [1.54, 1.807) is 0 Å². The summed E-state index contributed by atoms with van der Waals surface area (Å²) < 4.78 is 1.01. The molecule has 0 amide bonds. The highest BCUT2D eigenvalue weighted by atomic mass is 79.9. The monoisotopic (exact) mass is 296 g/mol. The number of piperidine rings is 1. The topological polar surface area (TPSA) is 29.3 Å². The van der Waals surface area contributed by atoms with Crippen LogP contribution in [0.3, 0.4) is 0 Å². The number of anilines is 1. The third-order valence-electron chi connectivity index (χ3n) is 3.95. The molecule has 1 aliphatic heterocycles. The van der Waals surface area contributed by atoms with Gasteiger partial charge in [0, 0.05) is 22.7 Å². The van der Waals surface area contributed by atoms with Gasteiger partial charge in [0.15, 0.2) is 0 Å². The molecule has 1 aromatic rings. The first-order valence-corrected chi connectivity index (χ1v) is 7.15. The minimum absolute atomic E-state index is 0.681. The van der Waals surface area contributed by atoms with Crippen LogP contribution in [-0.2, 0) is 6.54 Å². The van der Waals surface area contributed by atoms with Crippen molar-refractivity contribution in [2.45, 2.75) is 39.3 Å². The van der Waals surface area contributed by atoms with Crippen LogP contribution in [0.1, 0.15) is 32.3 Å². The molecular weight excluding hydrogens is 276 g/mol. The van der Waals surface area contributed by atoms with Crippen molar-refractivity contribution in [2.24, 2.45) is 5.92 Å². The molecule has 0 aromatic heterocycles. The molecule has 2 atom stereocenters. The zero-order chi connectivity index (χ0) is 12.4. The van der Waals surface area contributed by atoms with Gasteiger partial charge in [-0.1, -0.05) is 13.0 Å². The predicted octanol–water partition coefficient (Wildman–Crippen LogP) is 3.65. The van der Waals surface area contributed by atoms with E-state index in [1.807, 2.05) is 6.07 Å². The summed E-state index contributed by atoms with van der Waals surface area (Å²) in [5, 5.41) is 0. The first-order chi connectivity index (χ1) is 8.08. The summed E-state index contributed by atoms with van der Waals surface area (Å²) in [6.45, 7) is 6.95. The average molecular weight is 297 g/mol. The van der Waals surface area contributed by atoms with Crippen LogP contribution >= 0.6 is 15.9 Å². The summed E-state index contributed by atoms with van der Waals surface area (Å²) in [7, 11) is 0. The Kier molecular flexibility index (Phi) is 4.10. The van der Waals surface area contributed by atoms with Crippen LogP contribution in [-0.4, -0.2) is 17.5 Å². The maximum atomic E-state index is 5.81. The lowest BCUT2D eigenvalue weighted by molar-refractivity contribution is 0.106. The molecule has 0 radical (unpaired) electrons. The molecule has 2 nitrogen and oxygen atoms in total. The number of nitrogens with two attached hydrogens (primary N) is 1. The van der Waals surface area contributed by atoms with Gasteiger partial charge >= 0.3 is 0 Å². The Balaban J connectivity index is 2.07. The van der Waals surface area contributed by atoms with Crippen LogP contribution in [0.2, 0.25) is 0 Å². The first kappa shape index (κ1) is 12.9. The molecule has 2 N–H and O–H groups in total. The number of halogens is 1. The molecule has 0 bridgehead atoms. The SMILES string of the molecule is CC1CCCN(Cc2ccc(N)c(Br)c2)C1C. The average Bonchev–Trinajstić information content (AvgIpc) is 2.30. The van der Waals surface area contributed by atoms with E-state index < -0.39 is 0 Å². The summed E-state index contributed by atoms with van der Waals surface area (Å²) in [6, 6.07) is 6.94. The fourth-order valence-electron chi connectivity index (χ4n) is 2.55. The molecule has 1 heterocycles. The Morgan fingerprint density at radius 1 is 1.41 bits per heavy atom. The third kappa shape index (κ3) is 3.02. The second-order valence-electron chi connectivity index (χ2n) is 5.19. The normalized spacial score (nSPS) is 26.1.